The number of rotatable bonds is 7. The molecule has 6 nitrogen and oxygen atoms in total. The standard InChI is InChI=1S/C18H23N3O3S/c1-3-14(4-2)15-8-10-21(11-9-15)13-18(22)20-16-6-5-7-17(12-16)25(19,23)24/h5-12,14H,3-4,13H2,1-2H3,(H2-,19,20,22,23,24)/p+1. The van der Waals surface area contributed by atoms with Crippen molar-refractivity contribution in [2.24, 2.45) is 5.14 Å². The van der Waals surface area contributed by atoms with E-state index < -0.39 is 10.0 Å². The Morgan fingerprint density at radius 1 is 1.16 bits per heavy atom. The van der Waals surface area contributed by atoms with Crippen molar-refractivity contribution >= 4 is 21.6 Å². The fraction of sp³-hybridized carbons (Fsp3) is 0.333. The SMILES string of the molecule is CCC(CC)c1cc[n+](CC(=O)Nc2cccc(S(N)(=O)=O)c2)cc1. The molecule has 1 amide bonds. The molecule has 1 aromatic heterocycles. The van der Waals surface area contributed by atoms with Gasteiger partial charge in [-0.1, -0.05) is 19.9 Å². The fourth-order valence-corrected chi connectivity index (χ4v) is 3.28. The predicted octanol–water partition coefficient (Wildman–Crippen LogP) is 2.16. The van der Waals surface area contributed by atoms with E-state index in [1.54, 1.807) is 10.6 Å². The summed E-state index contributed by atoms with van der Waals surface area (Å²) in [5.74, 6) is 0.288. The van der Waals surface area contributed by atoms with Gasteiger partial charge in [-0.2, -0.15) is 4.57 Å². The number of hydrogen-bond donors (Lipinski definition) is 2. The van der Waals surface area contributed by atoms with Crippen LogP contribution in [0.25, 0.3) is 0 Å². The Morgan fingerprint density at radius 2 is 1.80 bits per heavy atom. The molecule has 0 aliphatic heterocycles. The second kappa shape index (κ2) is 8.22. The lowest BCUT2D eigenvalue weighted by Crippen LogP contribution is -2.39. The van der Waals surface area contributed by atoms with Gasteiger partial charge in [0.2, 0.25) is 16.6 Å². The average Bonchev–Trinajstić information content (AvgIpc) is 2.57. The second-order valence-corrected chi connectivity index (χ2v) is 7.50. The number of nitrogens with two attached hydrogens (primary N) is 1. The first-order valence-corrected chi connectivity index (χ1v) is 9.79. The molecule has 2 aromatic rings. The highest BCUT2D eigenvalue weighted by Crippen LogP contribution is 2.21. The first-order valence-electron chi connectivity index (χ1n) is 8.25. The van der Waals surface area contributed by atoms with Crippen molar-refractivity contribution in [3.05, 3.63) is 54.4 Å². The van der Waals surface area contributed by atoms with Crippen LogP contribution in [0.15, 0.2) is 53.7 Å². The van der Waals surface area contributed by atoms with Gasteiger partial charge in [0, 0.05) is 17.8 Å². The van der Waals surface area contributed by atoms with Crippen LogP contribution in [0.4, 0.5) is 5.69 Å². The zero-order valence-electron chi connectivity index (χ0n) is 14.5. The summed E-state index contributed by atoms with van der Waals surface area (Å²) < 4.78 is 24.5. The van der Waals surface area contributed by atoms with Gasteiger partial charge in [-0.3, -0.25) is 4.79 Å². The van der Waals surface area contributed by atoms with Crippen LogP contribution in [-0.2, 0) is 21.4 Å². The number of aromatic nitrogens is 1. The third kappa shape index (κ3) is 5.37. The molecular weight excluding hydrogens is 338 g/mol. The number of nitrogens with one attached hydrogen (secondary N) is 1. The van der Waals surface area contributed by atoms with Crippen molar-refractivity contribution in [1.29, 1.82) is 0 Å². The third-order valence-electron chi connectivity index (χ3n) is 4.15. The Balaban J connectivity index is 2.03. The molecule has 1 heterocycles. The zero-order valence-corrected chi connectivity index (χ0v) is 15.3. The summed E-state index contributed by atoms with van der Waals surface area (Å²) in [6.07, 6.45) is 5.94. The predicted molar refractivity (Wildman–Crippen MR) is 96.4 cm³/mol. The van der Waals surface area contributed by atoms with Gasteiger partial charge < -0.3 is 5.32 Å². The lowest BCUT2D eigenvalue weighted by atomic mass is 9.95. The smallest absolute Gasteiger partial charge is 0.290 e. The molecule has 134 valence electrons. The summed E-state index contributed by atoms with van der Waals surface area (Å²) in [7, 11) is -3.79. The highest BCUT2D eigenvalue weighted by molar-refractivity contribution is 7.89. The Kier molecular flexibility index (Phi) is 6.27. The van der Waals surface area contributed by atoms with Crippen LogP contribution < -0.4 is 15.0 Å². The van der Waals surface area contributed by atoms with E-state index in [1.807, 2.05) is 24.5 Å². The number of anilines is 1. The van der Waals surface area contributed by atoms with Gasteiger partial charge >= 0.3 is 0 Å². The number of hydrogen-bond acceptors (Lipinski definition) is 3. The molecule has 0 saturated carbocycles. The maximum atomic E-state index is 12.2. The molecule has 2 rings (SSSR count). The quantitative estimate of drug-likeness (QED) is 0.739. The van der Waals surface area contributed by atoms with E-state index in [9.17, 15) is 13.2 Å². The van der Waals surface area contributed by atoms with Gasteiger partial charge in [0.25, 0.3) is 5.91 Å². The molecule has 0 aliphatic rings. The minimum Gasteiger partial charge on any atom is -0.321 e. The summed E-state index contributed by atoms with van der Waals surface area (Å²) in [5, 5.41) is 7.78. The molecular formula is C18H24N3O3S+. The van der Waals surface area contributed by atoms with Gasteiger partial charge in [0.05, 0.1) is 4.90 Å². The van der Waals surface area contributed by atoms with E-state index in [0.29, 0.717) is 11.6 Å². The van der Waals surface area contributed by atoms with Gasteiger partial charge in [-0.25, -0.2) is 13.6 Å². The number of amides is 1. The molecule has 0 unspecified atom stereocenters. The highest BCUT2D eigenvalue weighted by Gasteiger charge is 2.14. The summed E-state index contributed by atoms with van der Waals surface area (Å²) in [4.78, 5) is 12.1. The van der Waals surface area contributed by atoms with Crippen molar-refractivity contribution in [3.8, 4) is 0 Å². The summed E-state index contributed by atoms with van der Waals surface area (Å²) in [6, 6.07) is 9.95. The number of sulfonamides is 1. The topological polar surface area (TPSA) is 93.1 Å². The summed E-state index contributed by atoms with van der Waals surface area (Å²) in [5.41, 5.74) is 1.66. The maximum Gasteiger partial charge on any atom is 0.290 e. The van der Waals surface area contributed by atoms with Crippen LogP contribution in [-0.4, -0.2) is 14.3 Å². The molecule has 0 atom stereocenters. The molecule has 0 spiro atoms. The van der Waals surface area contributed by atoms with E-state index in [4.69, 9.17) is 5.14 Å². The minimum atomic E-state index is -3.79. The maximum absolute atomic E-state index is 12.2. The number of carbonyl (C=O) groups excluding carboxylic acids is 1. The van der Waals surface area contributed by atoms with E-state index in [-0.39, 0.29) is 17.3 Å². The van der Waals surface area contributed by atoms with E-state index in [0.717, 1.165) is 12.8 Å². The molecule has 25 heavy (non-hydrogen) atoms. The van der Waals surface area contributed by atoms with Gasteiger partial charge in [-0.15, -0.1) is 0 Å². The van der Waals surface area contributed by atoms with Crippen LogP contribution in [0.1, 0.15) is 38.2 Å². The number of pyridine rings is 1. The fourth-order valence-electron chi connectivity index (χ4n) is 2.72. The molecule has 0 radical (unpaired) electrons. The largest absolute Gasteiger partial charge is 0.321 e. The van der Waals surface area contributed by atoms with Gasteiger partial charge in [0.1, 0.15) is 0 Å². The van der Waals surface area contributed by atoms with Crippen LogP contribution in [0.2, 0.25) is 0 Å². The molecule has 0 aliphatic carbocycles. The Bertz CT molecular complexity index is 829. The lowest BCUT2D eigenvalue weighted by Gasteiger charge is -2.11. The van der Waals surface area contributed by atoms with Crippen molar-refractivity contribution in [2.45, 2.75) is 44.0 Å². The van der Waals surface area contributed by atoms with Crippen LogP contribution in [0, 0.1) is 0 Å². The highest BCUT2D eigenvalue weighted by atomic mass is 32.2. The van der Waals surface area contributed by atoms with Crippen LogP contribution in [0.5, 0.6) is 0 Å². The Morgan fingerprint density at radius 3 is 2.36 bits per heavy atom. The molecule has 7 heteroatoms. The lowest BCUT2D eigenvalue weighted by molar-refractivity contribution is -0.684. The normalized spacial score (nSPS) is 11.5. The Hall–Kier alpha value is -2.25. The number of nitrogens with zero attached hydrogens (tertiary/aromatic N) is 1. The van der Waals surface area contributed by atoms with E-state index >= 15 is 0 Å². The van der Waals surface area contributed by atoms with Crippen molar-refractivity contribution < 1.29 is 17.8 Å². The molecule has 1 aromatic carbocycles. The average molecular weight is 362 g/mol. The van der Waals surface area contributed by atoms with Gasteiger partial charge in [0.15, 0.2) is 12.4 Å². The monoisotopic (exact) mass is 362 g/mol. The first kappa shape index (κ1) is 19.1. The molecule has 0 saturated heterocycles. The van der Waals surface area contributed by atoms with Crippen molar-refractivity contribution in [2.75, 3.05) is 5.32 Å². The third-order valence-corrected chi connectivity index (χ3v) is 5.06. The van der Waals surface area contributed by atoms with E-state index in [2.05, 4.69) is 19.2 Å². The number of carbonyl (C=O) groups is 1. The van der Waals surface area contributed by atoms with Gasteiger partial charge in [-0.05, 0) is 42.5 Å². The summed E-state index contributed by atoms with van der Waals surface area (Å²) >= 11 is 0. The number of primary sulfonamides is 1. The number of benzene rings is 1. The summed E-state index contributed by atoms with van der Waals surface area (Å²) in [6.45, 7) is 4.47. The van der Waals surface area contributed by atoms with Crippen LogP contribution >= 0.6 is 0 Å². The van der Waals surface area contributed by atoms with Crippen molar-refractivity contribution in [1.82, 2.24) is 0 Å². The second-order valence-electron chi connectivity index (χ2n) is 5.94. The minimum absolute atomic E-state index is 0.0347. The molecule has 3 N–H and O–H groups in total. The molecule has 0 bridgehead atoms. The van der Waals surface area contributed by atoms with Crippen LogP contribution in [0.3, 0.4) is 0 Å². The zero-order chi connectivity index (χ0) is 18.4. The Labute approximate surface area is 148 Å². The van der Waals surface area contributed by atoms with Crippen molar-refractivity contribution in [3.63, 3.8) is 0 Å². The molecule has 0 fully saturated rings. The van der Waals surface area contributed by atoms with E-state index in [1.165, 1.54) is 23.8 Å². The first-order chi connectivity index (χ1) is 11.8.